The molecule has 0 spiro atoms. The van der Waals surface area contributed by atoms with Crippen LogP contribution in [0.5, 0.6) is 5.75 Å². The van der Waals surface area contributed by atoms with Crippen LogP contribution in [0.25, 0.3) is 10.8 Å². The highest BCUT2D eigenvalue weighted by Gasteiger charge is 2.48. The smallest absolute Gasteiger partial charge is 0.462 e. The van der Waals surface area contributed by atoms with Gasteiger partial charge in [0.2, 0.25) is 0 Å². The average molecular weight is 376 g/mol. The first kappa shape index (κ1) is 18.2. The topological polar surface area (TPSA) is 82.6 Å². The number of aromatic nitrogens is 1. The largest absolute Gasteiger partial charge is 0.534 e. The summed E-state index contributed by atoms with van der Waals surface area (Å²) >= 11 is 0. The summed E-state index contributed by atoms with van der Waals surface area (Å²) in [6, 6.07) is 4.34. The van der Waals surface area contributed by atoms with Crippen LogP contribution in [0.1, 0.15) is 10.4 Å². The molecule has 0 aliphatic carbocycles. The number of pyridine rings is 1. The molecular formula is C13H9F3NO5SSi. The summed E-state index contributed by atoms with van der Waals surface area (Å²) in [5.41, 5.74) is -5.55. The first-order chi connectivity index (χ1) is 11.2. The van der Waals surface area contributed by atoms with Crippen LogP contribution >= 0.6 is 0 Å². The van der Waals surface area contributed by atoms with Gasteiger partial charge in [-0.15, -0.1) is 0 Å². The van der Waals surface area contributed by atoms with E-state index in [0.29, 0.717) is 11.4 Å². The summed E-state index contributed by atoms with van der Waals surface area (Å²) in [4.78, 5) is 15.4. The average Bonchev–Trinajstić information content (AvgIpc) is 2.51. The zero-order valence-electron chi connectivity index (χ0n) is 11.8. The molecule has 0 atom stereocenters. The Morgan fingerprint density at radius 2 is 1.96 bits per heavy atom. The number of carbonyl (C=O) groups is 1. The number of fused-ring (bicyclic) bond motifs is 1. The lowest BCUT2D eigenvalue weighted by Gasteiger charge is -2.11. The van der Waals surface area contributed by atoms with Crippen molar-refractivity contribution in [1.29, 1.82) is 0 Å². The van der Waals surface area contributed by atoms with Gasteiger partial charge in [-0.2, -0.15) is 21.6 Å². The van der Waals surface area contributed by atoms with E-state index >= 15 is 0 Å². The second-order valence-electron chi connectivity index (χ2n) is 4.44. The fourth-order valence-electron chi connectivity index (χ4n) is 1.72. The lowest BCUT2D eigenvalue weighted by molar-refractivity contribution is -0.0499. The molecular weight excluding hydrogens is 367 g/mol. The summed E-state index contributed by atoms with van der Waals surface area (Å²) in [6.07, 6.45) is 2.11. The van der Waals surface area contributed by atoms with E-state index in [0.717, 1.165) is 6.20 Å². The monoisotopic (exact) mass is 376 g/mol. The Morgan fingerprint density at radius 1 is 1.25 bits per heavy atom. The quantitative estimate of drug-likeness (QED) is 0.344. The number of nitrogens with zero attached hydrogens (tertiary/aromatic N) is 1. The van der Waals surface area contributed by atoms with Crippen molar-refractivity contribution < 1.29 is 35.3 Å². The van der Waals surface area contributed by atoms with Gasteiger partial charge in [-0.25, -0.2) is 4.79 Å². The molecule has 0 fully saturated rings. The van der Waals surface area contributed by atoms with E-state index in [4.69, 9.17) is 4.74 Å². The Bertz CT molecular complexity index is 870. The predicted molar refractivity (Wildman–Crippen MR) is 78.2 cm³/mol. The molecule has 2 aromatic rings. The maximum Gasteiger partial charge on any atom is 0.534 e. The number of hydrogen-bond acceptors (Lipinski definition) is 6. The Labute approximate surface area is 138 Å². The van der Waals surface area contributed by atoms with Crippen molar-refractivity contribution in [1.82, 2.24) is 4.98 Å². The molecule has 1 aromatic heterocycles. The molecule has 0 saturated heterocycles. The number of alkyl halides is 3. The van der Waals surface area contributed by atoms with Gasteiger partial charge in [0.25, 0.3) is 0 Å². The zero-order valence-corrected chi connectivity index (χ0v) is 13.6. The van der Waals surface area contributed by atoms with Crippen molar-refractivity contribution in [3.8, 4) is 5.75 Å². The van der Waals surface area contributed by atoms with E-state index < -0.39 is 27.3 Å². The molecule has 0 N–H and O–H groups in total. The fraction of sp³-hybridized carbons (Fsp3) is 0.231. The van der Waals surface area contributed by atoms with Gasteiger partial charge in [0.1, 0.15) is 0 Å². The highest BCUT2D eigenvalue weighted by atomic mass is 32.2. The van der Waals surface area contributed by atoms with Gasteiger partial charge in [-0.05, 0) is 18.2 Å². The molecule has 11 heteroatoms. The van der Waals surface area contributed by atoms with Gasteiger partial charge in [0, 0.05) is 27.2 Å². The highest BCUT2D eigenvalue weighted by molar-refractivity contribution is 7.88. The van der Waals surface area contributed by atoms with Crippen LogP contribution in [-0.4, -0.2) is 41.7 Å². The molecule has 0 aliphatic heterocycles. The fourth-order valence-corrected chi connectivity index (χ4v) is 2.29. The lowest BCUT2D eigenvalue weighted by Crippen LogP contribution is -2.28. The van der Waals surface area contributed by atoms with Crippen molar-refractivity contribution in [2.24, 2.45) is 0 Å². The van der Waals surface area contributed by atoms with Crippen molar-refractivity contribution in [3.05, 3.63) is 36.2 Å². The van der Waals surface area contributed by atoms with Crippen LogP contribution in [0.2, 0.25) is 6.04 Å². The van der Waals surface area contributed by atoms with Gasteiger partial charge in [-0.1, -0.05) is 6.07 Å². The summed E-state index contributed by atoms with van der Waals surface area (Å²) in [5.74, 6) is -1.35. The Balaban J connectivity index is 2.46. The second-order valence-corrected chi connectivity index (χ2v) is 6.48. The maximum atomic E-state index is 12.5. The van der Waals surface area contributed by atoms with E-state index in [1.54, 1.807) is 0 Å². The minimum absolute atomic E-state index is 0.0225. The van der Waals surface area contributed by atoms with E-state index in [-0.39, 0.29) is 17.6 Å². The van der Waals surface area contributed by atoms with E-state index in [1.807, 2.05) is 0 Å². The predicted octanol–water partition coefficient (Wildman–Crippen LogP) is 2.21. The number of esters is 1. The van der Waals surface area contributed by atoms with Gasteiger partial charge in [0.05, 0.1) is 18.4 Å². The Hall–Kier alpha value is -2.14. The summed E-state index contributed by atoms with van der Waals surface area (Å²) in [6.45, 7) is 0.0932. The third kappa shape index (κ3) is 3.84. The van der Waals surface area contributed by atoms with Crippen LogP contribution < -0.4 is 4.18 Å². The van der Waals surface area contributed by atoms with Crippen molar-refractivity contribution in [2.75, 3.05) is 6.61 Å². The van der Waals surface area contributed by atoms with Crippen LogP contribution in [0, 0.1) is 0 Å². The van der Waals surface area contributed by atoms with E-state index in [2.05, 4.69) is 19.4 Å². The highest BCUT2D eigenvalue weighted by Crippen LogP contribution is 2.31. The number of carbonyl (C=O) groups excluding carboxylic acids is 1. The van der Waals surface area contributed by atoms with Crippen LogP contribution in [0.3, 0.4) is 0 Å². The molecule has 127 valence electrons. The van der Waals surface area contributed by atoms with Gasteiger partial charge >= 0.3 is 21.6 Å². The summed E-state index contributed by atoms with van der Waals surface area (Å²) in [5, 5.41) is 0.271. The number of rotatable bonds is 5. The number of halogens is 3. The van der Waals surface area contributed by atoms with E-state index in [9.17, 15) is 26.4 Å². The minimum Gasteiger partial charge on any atom is -0.462 e. The molecule has 3 radical (unpaired) electrons. The summed E-state index contributed by atoms with van der Waals surface area (Å²) < 4.78 is 68.7. The second kappa shape index (κ2) is 6.77. The molecule has 2 rings (SSSR count). The molecule has 6 nitrogen and oxygen atoms in total. The standard InChI is InChI=1S/C13H9F3NO5SSi/c14-13(15,16)23(19,20)22-11-7-17-6-9-2-1-8(5-10(9)11)12(18)21-3-4-24/h1-2,5-7H,3-4H2. The maximum absolute atomic E-state index is 12.5. The SMILES string of the molecule is O=C(OCC[Si])c1ccc2cncc(OS(=O)(=O)C(F)(F)F)c2c1. The molecule has 0 amide bonds. The van der Waals surface area contributed by atoms with Crippen molar-refractivity contribution >= 4 is 37.1 Å². The first-order valence-corrected chi connectivity index (χ1v) is 8.47. The number of ether oxygens (including phenoxy) is 1. The Morgan fingerprint density at radius 3 is 2.58 bits per heavy atom. The third-order valence-electron chi connectivity index (χ3n) is 2.78. The molecule has 0 unspecified atom stereocenters. The lowest BCUT2D eigenvalue weighted by atomic mass is 10.1. The molecule has 1 aromatic carbocycles. The summed E-state index contributed by atoms with van der Waals surface area (Å²) in [7, 11) is -2.73. The van der Waals surface area contributed by atoms with Gasteiger partial charge < -0.3 is 8.92 Å². The number of hydrogen-bond donors (Lipinski definition) is 0. The molecule has 0 aliphatic rings. The van der Waals surface area contributed by atoms with Crippen LogP contribution in [0.4, 0.5) is 13.2 Å². The third-order valence-corrected chi connectivity index (χ3v) is 3.95. The molecule has 0 bridgehead atoms. The van der Waals surface area contributed by atoms with Crippen molar-refractivity contribution in [2.45, 2.75) is 11.6 Å². The van der Waals surface area contributed by atoms with Crippen LogP contribution in [0.15, 0.2) is 30.6 Å². The van der Waals surface area contributed by atoms with Gasteiger partial charge in [0.15, 0.2) is 5.75 Å². The van der Waals surface area contributed by atoms with Gasteiger partial charge in [-0.3, -0.25) is 4.98 Å². The minimum atomic E-state index is -5.85. The first-order valence-electron chi connectivity index (χ1n) is 6.36. The zero-order chi connectivity index (χ0) is 18.0. The normalized spacial score (nSPS) is 12.2. The molecule has 24 heavy (non-hydrogen) atoms. The van der Waals surface area contributed by atoms with Crippen LogP contribution in [-0.2, 0) is 14.9 Å². The molecule has 0 saturated carbocycles. The van der Waals surface area contributed by atoms with E-state index in [1.165, 1.54) is 24.4 Å². The molecule has 1 heterocycles. The van der Waals surface area contributed by atoms with Crippen molar-refractivity contribution in [3.63, 3.8) is 0 Å². The Kier molecular flexibility index (Phi) is 5.13. The number of benzene rings is 1.